The monoisotopic (exact) mass is 306 g/mol. The van der Waals surface area contributed by atoms with Gasteiger partial charge in [-0.25, -0.2) is 9.59 Å². The van der Waals surface area contributed by atoms with Crippen molar-refractivity contribution in [2.75, 3.05) is 14.2 Å². The molecule has 1 aromatic heterocycles. The lowest BCUT2D eigenvalue weighted by Crippen LogP contribution is -2.03. The topological polar surface area (TPSA) is 111 Å². The van der Waals surface area contributed by atoms with Gasteiger partial charge in [0.1, 0.15) is 0 Å². The van der Waals surface area contributed by atoms with Gasteiger partial charge in [0.05, 0.1) is 25.5 Å². The maximum atomic E-state index is 11.2. The molecule has 8 heteroatoms. The van der Waals surface area contributed by atoms with Crippen molar-refractivity contribution < 1.29 is 29.3 Å². The molecule has 22 heavy (non-hydrogen) atoms. The molecule has 0 bridgehead atoms. The number of aryl methyl sites for hydroxylation is 1. The summed E-state index contributed by atoms with van der Waals surface area (Å²) in [4.78, 5) is 22.3. The molecule has 0 aliphatic carbocycles. The van der Waals surface area contributed by atoms with Crippen molar-refractivity contribution in [2.24, 2.45) is 7.05 Å². The van der Waals surface area contributed by atoms with E-state index in [1.807, 2.05) is 0 Å². The number of methoxy groups -OCH3 is 2. The third kappa shape index (κ3) is 2.58. The second-order valence-corrected chi connectivity index (χ2v) is 4.41. The second-order valence-electron chi connectivity index (χ2n) is 4.41. The fraction of sp³-hybridized carbons (Fsp3) is 0.214. The van der Waals surface area contributed by atoms with Gasteiger partial charge in [0, 0.05) is 12.6 Å². The van der Waals surface area contributed by atoms with Crippen molar-refractivity contribution in [1.29, 1.82) is 0 Å². The lowest BCUT2D eigenvalue weighted by molar-refractivity contribution is 0.0682. The first-order valence-electron chi connectivity index (χ1n) is 6.16. The highest BCUT2D eigenvalue weighted by Crippen LogP contribution is 2.39. The molecule has 8 nitrogen and oxygen atoms in total. The molecule has 2 N–H and O–H groups in total. The maximum absolute atomic E-state index is 11.2. The van der Waals surface area contributed by atoms with Crippen LogP contribution in [0.1, 0.15) is 20.8 Å². The fourth-order valence-electron chi connectivity index (χ4n) is 2.10. The Morgan fingerprint density at radius 1 is 1.09 bits per heavy atom. The smallest absolute Gasteiger partial charge is 0.356 e. The molecule has 116 valence electrons. The van der Waals surface area contributed by atoms with E-state index in [0.29, 0.717) is 17.0 Å². The van der Waals surface area contributed by atoms with Gasteiger partial charge in [0.25, 0.3) is 0 Å². The summed E-state index contributed by atoms with van der Waals surface area (Å²) in [6.07, 6.45) is 0. The standard InChI is InChI=1S/C14H14N2O6/c1-16-10(6-9(15-16)14(19)20)8-4-7(13(17)18)5-11(21-2)12(8)22-3/h4-6H,1-3H3,(H,17,18)(H,19,20). The molecule has 2 rings (SSSR count). The highest BCUT2D eigenvalue weighted by Gasteiger charge is 2.21. The summed E-state index contributed by atoms with van der Waals surface area (Å²) >= 11 is 0. The number of ether oxygens (including phenoxy) is 2. The van der Waals surface area contributed by atoms with Crippen molar-refractivity contribution in [3.8, 4) is 22.8 Å². The minimum atomic E-state index is -1.18. The molecule has 1 aromatic carbocycles. The van der Waals surface area contributed by atoms with Gasteiger partial charge in [-0.3, -0.25) is 4.68 Å². The van der Waals surface area contributed by atoms with E-state index in [1.54, 1.807) is 7.05 Å². The predicted molar refractivity (Wildman–Crippen MR) is 75.7 cm³/mol. The normalized spacial score (nSPS) is 10.3. The van der Waals surface area contributed by atoms with E-state index in [9.17, 15) is 14.7 Å². The molecule has 0 fully saturated rings. The van der Waals surface area contributed by atoms with Gasteiger partial charge in [-0.15, -0.1) is 0 Å². The number of hydrogen-bond donors (Lipinski definition) is 2. The van der Waals surface area contributed by atoms with Crippen LogP contribution < -0.4 is 9.47 Å². The van der Waals surface area contributed by atoms with Crippen molar-refractivity contribution in [1.82, 2.24) is 9.78 Å². The van der Waals surface area contributed by atoms with Crippen molar-refractivity contribution in [3.63, 3.8) is 0 Å². The first-order chi connectivity index (χ1) is 10.4. The number of carboxylic acid groups (broad SMARTS) is 2. The van der Waals surface area contributed by atoms with E-state index in [-0.39, 0.29) is 17.0 Å². The summed E-state index contributed by atoms with van der Waals surface area (Å²) in [6.45, 7) is 0. The van der Waals surface area contributed by atoms with Crippen molar-refractivity contribution >= 4 is 11.9 Å². The molecule has 0 unspecified atom stereocenters. The minimum absolute atomic E-state index is 0.00859. The lowest BCUT2D eigenvalue weighted by Gasteiger charge is -2.14. The summed E-state index contributed by atoms with van der Waals surface area (Å²) < 4.78 is 11.8. The van der Waals surface area contributed by atoms with E-state index < -0.39 is 11.9 Å². The highest BCUT2D eigenvalue weighted by molar-refractivity contribution is 5.92. The van der Waals surface area contributed by atoms with Gasteiger partial charge >= 0.3 is 11.9 Å². The third-order valence-electron chi connectivity index (χ3n) is 3.10. The van der Waals surface area contributed by atoms with E-state index in [2.05, 4.69) is 5.10 Å². The molecule has 2 aromatic rings. The van der Waals surface area contributed by atoms with Crippen LogP contribution in [0.2, 0.25) is 0 Å². The second kappa shape index (κ2) is 5.76. The Hall–Kier alpha value is -3.03. The number of carboxylic acids is 2. The molecule has 0 aliphatic rings. The molecule has 0 radical (unpaired) electrons. The number of carbonyl (C=O) groups is 2. The Labute approximate surface area is 125 Å². The van der Waals surface area contributed by atoms with Crippen molar-refractivity contribution in [2.45, 2.75) is 0 Å². The molecule has 0 saturated carbocycles. The fourth-order valence-corrected chi connectivity index (χ4v) is 2.10. The summed E-state index contributed by atoms with van der Waals surface area (Å²) in [5.74, 6) is -1.78. The lowest BCUT2D eigenvalue weighted by atomic mass is 10.0. The van der Waals surface area contributed by atoms with Gasteiger partial charge in [-0.2, -0.15) is 5.10 Å². The zero-order chi connectivity index (χ0) is 16.4. The van der Waals surface area contributed by atoms with Crippen LogP contribution in [0.4, 0.5) is 0 Å². The van der Waals surface area contributed by atoms with Crippen LogP contribution in [-0.4, -0.2) is 46.2 Å². The summed E-state index contributed by atoms with van der Waals surface area (Å²) in [6, 6.07) is 4.05. The van der Waals surface area contributed by atoms with Crippen LogP contribution in [-0.2, 0) is 7.05 Å². The average Bonchev–Trinajstić information content (AvgIpc) is 2.87. The number of rotatable bonds is 5. The first kappa shape index (κ1) is 15.4. The Kier molecular flexibility index (Phi) is 4.02. The van der Waals surface area contributed by atoms with Gasteiger partial charge in [0.15, 0.2) is 17.2 Å². The van der Waals surface area contributed by atoms with Crippen LogP contribution in [0.5, 0.6) is 11.5 Å². The van der Waals surface area contributed by atoms with Gasteiger partial charge < -0.3 is 19.7 Å². The van der Waals surface area contributed by atoms with E-state index in [0.717, 1.165) is 0 Å². The van der Waals surface area contributed by atoms with Crippen LogP contribution in [0, 0.1) is 0 Å². The Balaban J connectivity index is 2.75. The molecule has 0 aliphatic heterocycles. The van der Waals surface area contributed by atoms with E-state index in [4.69, 9.17) is 14.6 Å². The Morgan fingerprint density at radius 3 is 2.23 bits per heavy atom. The molecular weight excluding hydrogens is 292 g/mol. The SMILES string of the molecule is COc1cc(C(=O)O)cc(-c2cc(C(=O)O)nn2C)c1OC. The largest absolute Gasteiger partial charge is 0.493 e. The number of benzene rings is 1. The molecule has 0 atom stereocenters. The number of hydrogen-bond acceptors (Lipinski definition) is 5. The maximum Gasteiger partial charge on any atom is 0.356 e. The quantitative estimate of drug-likeness (QED) is 0.861. The van der Waals surface area contributed by atoms with Crippen LogP contribution in [0.25, 0.3) is 11.3 Å². The molecule has 0 saturated heterocycles. The van der Waals surface area contributed by atoms with Gasteiger partial charge in [0.2, 0.25) is 0 Å². The Morgan fingerprint density at radius 2 is 1.77 bits per heavy atom. The van der Waals surface area contributed by atoms with Crippen LogP contribution in [0.15, 0.2) is 18.2 Å². The van der Waals surface area contributed by atoms with Crippen molar-refractivity contribution in [3.05, 3.63) is 29.5 Å². The zero-order valence-electron chi connectivity index (χ0n) is 12.2. The molecule has 0 amide bonds. The number of nitrogens with zero attached hydrogens (tertiary/aromatic N) is 2. The number of aromatic carboxylic acids is 2. The summed E-state index contributed by atoms with van der Waals surface area (Å²) in [5.41, 5.74) is 0.613. The van der Waals surface area contributed by atoms with E-state index in [1.165, 1.54) is 37.1 Å². The van der Waals surface area contributed by atoms with E-state index >= 15 is 0 Å². The predicted octanol–water partition coefficient (Wildman–Crippen LogP) is 1.50. The van der Waals surface area contributed by atoms with Gasteiger partial charge in [-0.05, 0) is 18.2 Å². The average molecular weight is 306 g/mol. The van der Waals surface area contributed by atoms with Gasteiger partial charge in [-0.1, -0.05) is 0 Å². The van der Waals surface area contributed by atoms with Crippen LogP contribution >= 0.6 is 0 Å². The number of aromatic nitrogens is 2. The summed E-state index contributed by atoms with van der Waals surface area (Å²) in [5, 5.41) is 22.1. The molecule has 1 heterocycles. The Bertz CT molecular complexity index is 750. The minimum Gasteiger partial charge on any atom is -0.493 e. The van der Waals surface area contributed by atoms with Crippen LogP contribution in [0.3, 0.4) is 0 Å². The highest BCUT2D eigenvalue weighted by atomic mass is 16.5. The molecular formula is C14H14N2O6. The third-order valence-corrected chi connectivity index (χ3v) is 3.10. The zero-order valence-corrected chi connectivity index (χ0v) is 12.2. The first-order valence-corrected chi connectivity index (χ1v) is 6.16. The molecule has 0 spiro atoms. The summed E-state index contributed by atoms with van der Waals surface area (Å²) in [7, 11) is 4.36.